The Morgan fingerprint density at radius 2 is 0.439 bits per heavy atom. The SMILES string of the molecule is c1ccc(-c2cc(-c3ccccc3)nc(-n3c4ccccc4c4c5oc6ccccc6c5ccc43)n2)cc1.c1ccc(-c2cc(-c3ccccc3)nc(-n3c4ccccc4c4cc(-c5ccc6c7ccccc7n(-c7ccccc7)c6c5)ccc43)n2)cc1.c1ccc(-c2cc(-c3ccccc3)nc(-n3c4ccccc4c4ccc5c6ccccc6n(-c6ccccc6)c5c43)n2)cc1. The second-order valence-corrected chi connectivity index (χ2v) is 33.2. The first-order valence-corrected chi connectivity index (χ1v) is 44.5. The van der Waals surface area contributed by atoms with Crippen LogP contribution >= 0.6 is 0 Å². The average molecular weight is 1690 g/mol. The maximum atomic E-state index is 6.45. The van der Waals surface area contributed by atoms with E-state index in [1.807, 2.05) is 72.8 Å². The fourth-order valence-corrected chi connectivity index (χ4v) is 19.5. The lowest BCUT2D eigenvalue weighted by atomic mass is 10.0. The van der Waals surface area contributed by atoms with Crippen molar-refractivity contribution in [2.24, 2.45) is 0 Å². The van der Waals surface area contributed by atoms with Gasteiger partial charge in [0.2, 0.25) is 17.8 Å². The lowest BCUT2D eigenvalue weighted by Gasteiger charge is -2.13. The van der Waals surface area contributed by atoms with Gasteiger partial charge in [-0.05, 0) is 120 Å². The minimum absolute atomic E-state index is 0.631. The lowest BCUT2D eigenvalue weighted by molar-refractivity contribution is 0.673. The number of aromatic nitrogens is 11. The molecule has 27 aromatic rings. The minimum Gasteiger partial charge on any atom is -0.455 e. The molecule has 618 valence electrons. The van der Waals surface area contributed by atoms with E-state index in [1.54, 1.807) is 0 Å². The quantitative estimate of drug-likeness (QED) is 0.120. The maximum Gasteiger partial charge on any atom is 0.235 e. The van der Waals surface area contributed by atoms with Gasteiger partial charge in [-0.2, -0.15) is 0 Å². The molecule has 9 heterocycles. The molecule has 12 heteroatoms. The van der Waals surface area contributed by atoms with Crippen molar-refractivity contribution in [3.8, 4) is 108 Å². The highest BCUT2D eigenvalue weighted by Gasteiger charge is 2.27. The van der Waals surface area contributed by atoms with Crippen LogP contribution in [0.25, 0.3) is 239 Å². The summed E-state index contributed by atoms with van der Waals surface area (Å²) in [5.74, 6) is 1.93. The second-order valence-electron chi connectivity index (χ2n) is 33.2. The summed E-state index contributed by atoms with van der Waals surface area (Å²) in [4.78, 5) is 31.2. The molecule has 9 aromatic heterocycles. The number of nitrogens with zero attached hydrogens (tertiary/aromatic N) is 11. The second kappa shape index (κ2) is 32.1. The molecule has 18 aromatic carbocycles. The van der Waals surface area contributed by atoms with Crippen LogP contribution < -0.4 is 0 Å². The van der Waals surface area contributed by atoms with Crippen LogP contribution in [0.4, 0.5) is 0 Å². The van der Waals surface area contributed by atoms with E-state index >= 15 is 0 Å². The zero-order valence-corrected chi connectivity index (χ0v) is 71.3. The van der Waals surface area contributed by atoms with E-state index in [-0.39, 0.29) is 0 Å². The first-order valence-electron chi connectivity index (χ1n) is 44.5. The van der Waals surface area contributed by atoms with Gasteiger partial charge in [0, 0.05) is 104 Å². The van der Waals surface area contributed by atoms with Crippen molar-refractivity contribution in [1.29, 1.82) is 0 Å². The summed E-state index contributed by atoms with van der Waals surface area (Å²) < 4.78 is 17.9. The standard InChI is InChI=1S/C46H30N4.C40H26N4.C34H21N3O/c1-4-14-31(15-5-1)40-30-41(32-16-6-2-7-17-32)48-46(47-40)50-43-23-13-11-21-37(43)39-28-33(25-27-44(39)50)34-24-26-38-36-20-10-12-22-42(36)49(45(38)29-34)35-18-8-3-9-19-35;1-4-14-27(15-5-1)34-26-35(28-16-6-2-7-17-28)42-40(41-34)44-37-23-13-11-21-31(37)33-25-24-32-30-20-10-12-22-36(30)43(38(32)39(33)44)29-18-8-3-9-19-29;1-3-11-22(12-4-1)27-21-28(23-13-5-2-6-14-23)36-34(35-27)37-29-17-9-7-16-26(29)32-30(37)20-19-25-24-15-8-10-18-31(24)38-33(25)32/h1-30H;1-26H;1-21H. The predicted octanol–water partition coefficient (Wildman–Crippen LogP) is 30.5. The zero-order valence-electron chi connectivity index (χ0n) is 71.3. The van der Waals surface area contributed by atoms with Gasteiger partial charge in [0.25, 0.3) is 0 Å². The molecule has 0 radical (unpaired) electrons. The molecule has 132 heavy (non-hydrogen) atoms. The summed E-state index contributed by atoms with van der Waals surface area (Å²) in [6.45, 7) is 0. The van der Waals surface area contributed by atoms with Crippen molar-refractivity contribution in [1.82, 2.24) is 52.7 Å². The van der Waals surface area contributed by atoms with E-state index in [4.69, 9.17) is 34.3 Å². The largest absolute Gasteiger partial charge is 0.455 e. The van der Waals surface area contributed by atoms with Crippen LogP contribution in [0.15, 0.2) is 472 Å². The zero-order chi connectivity index (χ0) is 87.1. The third-order valence-electron chi connectivity index (χ3n) is 25.5. The van der Waals surface area contributed by atoms with Gasteiger partial charge >= 0.3 is 0 Å². The number of benzene rings is 18. The van der Waals surface area contributed by atoms with Crippen LogP contribution in [0, 0.1) is 0 Å². The molecule has 0 fully saturated rings. The third-order valence-corrected chi connectivity index (χ3v) is 25.5. The molecule has 0 bridgehead atoms. The van der Waals surface area contributed by atoms with Gasteiger partial charge in [-0.25, -0.2) is 29.9 Å². The Balaban J connectivity index is 0.000000107. The minimum atomic E-state index is 0.631. The molecule has 0 N–H and O–H groups in total. The fourth-order valence-electron chi connectivity index (χ4n) is 19.5. The van der Waals surface area contributed by atoms with Gasteiger partial charge in [-0.15, -0.1) is 0 Å². The van der Waals surface area contributed by atoms with Crippen LogP contribution in [-0.2, 0) is 0 Å². The molecule has 0 unspecified atom stereocenters. The number of furan rings is 1. The third kappa shape index (κ3) is 13.1. The van der Waals surface area contributed by atoms with Crippen molar-refractivity contribution < 1.29 is 4.42 Å². The molecule has 0 aliphatic heterocycles. The van der Waals surface area contributed by atoms with E-state index in [1.165, 1.54) is 59.8 Å². The van der Waals surface area contributed by atoms with E-state index in [2.05, 4.69) is 417 Å². The first kappa shape index (κ1) is 76.4. The van der Waals surface area contributed by atoms with Crippen LogP contribution in [-0.4, -0.2) is 52.7 Å². The van der Waals surface area contributed by atoms with Gasteiger partial charge in [-0.3, -0.25) is 13.7 Å². The predicted molar refractivity (Wildman–Crippen MR) is 543 cm³/mol. The summed E-state index contributed by atoms with van der Waals surface area (Å²) in [7, 11) is 0. The molecular formula is C120H77N11O. The maximum absolute atomic E-state index is 6.45. The van der Waals surface area contributed by atoms with E-state index < -0.39 is 0 Å². The Hall–Kier alpha value is -18.0. The Labute approximate surface area is 758 Å². The highest BCUT2D eigenvalue weighted by atomic mass is 16.3. The van der Waals surface area contributed by atoms with E-state index in [9.17, 15) is 0 Å². The highest BCUT2D eigenvalue weighted by molar-refractivity contribution is 6.26. The normalized spacial score (nSPS) is 11.6. The summed E-state index contributed by atoms with van der Waals surface area (Å²) in [5.41, 5.74) is 29.1. The molecule has 0 saturated heterocycles. The monoisotopic (exact) mass is 1690 g/mol. The van der Waals surface area contributed by atoms with Crippen LogP contribution in [0.1, 0.15) is 0 Å². The van der Waals surface area contributed by atoms with Crippen LogP contribution in [0.3, 0.4) is 0 Å². The smallest absolute Gasteiger partial charge is 0.235 e. The number of hydrogen-bond donors (Lipinski definition) is 0. The van der Waals surface area contributed by atoms with Gasteiger partial charge < -0.3 is 13.6 Å². The molecule has 0 spiro atoms. The average Bonchev–Trinajstić information content (AvgIpc) is 1.54. The molecule has 0 aliphatic rings. The molecule has 0 aliphatic carbocycles. The molecule has 0 amide bonds. The van der Waals surface area contributed by atoms with Crippen molar-refractivity contribution in [2.75, 3.05) is 0 Å². The van der Waals surface area contributed by atoms with Gasteiger partial charge in [-0.1, -0.05) is 358 Å². The van der Waals surface area contributed by atoms with Crippen LogP contribution in [0.2, 0.25) is 0 Å². The molecule has 0 atom stereocenters. The van der Waals surface area contributed by atoms with Crippen molar-refractivity contribution >= 4 is 131 Å². The highest BCUT2D eigenvalue weighted by Crippen LogP contribution is 2.46. The molecule has 27 rings (SSSR count). The Morgan fingerprint density at radius 1 is 0.159 bits per heavy atom. The van der Waals surface area contributed by atoms with Crippen molar-refractivity contribution in [3.05, 3.63) is 467 Å². The van der Waals surface area contributed by atoms with Crippen LogP contribution in [0.5, 0.6) is 0 Å². The summed E-state index contributed by atoms with van der Waals surface area (Å²) in [6.07, 6.45) is 0. The summed E-state index contributed by atoms with van der Waals surface area (Å²) >= 11 is 0. The number of fused-ring (bicyclic) bond motifs is 20. The van der Waals surface area contributed by atoms with E-state index in [0.717, 1.165) is 161 Å². The van der Waals surface area contributed by atoms with Crippen molar-refractivity contribution in [3.63, 3.8) is 0 Å². The Morgan fingerprint density at radius 3 is 0.894 bits per heavy atom. The summed E-state index contributed by atoms with van der Waals surface area (Å²) in [6, 6.07) is 163. The van der Waals surface area contributed by atoms with Crippen molar-refractivity contribution in [2.45, 2.75) is 0 Å². The van der Waals surface area contributed by atoms with Gasteiger partial charge in [0.05, 0.1) is 94.7 Å². The summed E-state index contributed by atoms with van der Waals surface area (Å²) in [5, 5.41) is 14.0. The lowest BCUT2D eigenvalue weighted by Crippen LogP contribution is -2.05. The van der Waals surface area contributed by atoms with E-state index in [0.29, 0.717) is 17.8 Å². The Bertz CT molecular complexity index is 8950. The molecular weight excluding hydrogens is 1610 g/mol. The number of para-hydroxylation sites is 8. The first-order chi connectivity index (χ1) is 65.5. The van der Waals surface area contributed by atoms with Gasteiger partial charge in [0.1, 0.15) is 11.2 Å². The number of hydrogen-bond acceptors (Lipinski definition) is 7. The topological polar surface area (TPSA) is 115 Å². The molecule has 12 nitrogen and oxygen atoms in total. The molecule has 0 saturated carbocycles. The van der Waals surface area contributed by atoms with Gasteiger partial charge in [0.15, 0.2) is 0 Å². The Kier molecular flexibility index (Phi) is 18.6. The number of rotatable bonds is 12. The fraction of sp³-hybridized carbons (Fsp3) is 0.